The first-order chi connectivity index (χ1) is 8.83. The number of nitrogens with zero attached hydrogens (tertiary/aromatic N) is 1. The first-order valence-corrected chi connectivity index (χ1v) is 7.12. The third-order valence-electron chi connectivity index (χ3n) is 4.49. The molecule has 0 bridgehead atoms. The van der Waals surface area contributed by atoms with Crippen LogP contribution in [0.4, 0.5) is 0 Å². The molecule has 2 fully saturated rings. The number of hydrogen-bond donors (Lipinski definition) is 0. The molecule has 1 saturated heterocycles. The first kappa shape index (κ1) is 11.9. The number of benzene rings is 1. The lowest BCUT2D eigenvalue weighted by Crippen LogP contribution is -2.48. The third-order valence-corrected chi connectivity index (χ3v) is 4.49. The Bertz CT molecular complexity index is 414. The summed E-state index contributed by atoms with van der Waals surface area (Å²) in [6.07, 6.45) is 5.35. The summed E-state index contributed by atoms with van der Waals surface area (Å²) in [7, 11) is 0. The maximum atomic E-state index is 11.7. The highest BCUT2D eigenvalue weighted by Crippen LogP contribution is 2.34. The predicted octanol–water partition coefficient (Wildman–Crippen LogP) is 3.02. The highest BCUT2D eigenvalue weighted by molar-refractivity contribution is 5.79. The van der Waals surface area contributed by atoms with Crippen molar-refractivity contribution in [2.24, 2.45) is 5.92 Å². The molecule has 2 nitrogen and oxygen atoms in total. The second-order valence-corrected chi connectivity index (χ2v) is 5.71. The molecule has 18 heavy (non-hydrogen) atoms. The molecule has 3 rings (SSSR count). The van der Waals surface area contributed by atoms with Crippen LogP contribution in [0.5, 0.6) is 0 Å². The Morgan fingerprint density at radius 3 is 2.83 bits per heavy atom. The van der Waals surface area contributed by atoms with E-state index < -0.39 is 0 Å². The van der Waals surface area contributed by atoms with Gasteiger partial charge in [0.1, 0.15) is 5.78 Å². The van der Waals surface area contributed by atoms with Gasteiger partial charge in [-0.2, -0.15) is 0 Å². The van der Waals surface area contributed by atoms with Crippen LogP contribution in [0, 0.1) is 5.92 Å². The van der Waals surface area contributed by atoms with Gasteiger partial charge in [-0.05, 0) is 37.3 Å². The summed E-state index contributed by atoms with van der Waals surface area (Å²) in [6.45, 7) is 2.17. The maximum absolute atomic E-state index is 11.7. The minimum atomic E-state index is 0.469. The number of likely N-dealkylation sites (tertiary alicyclic amines) is 1. The summed E-state index contributed by atoms with van der Waals surface area (Å²) >= 11 is 0. The van der Waals surface area contributed by atoms with E-state index in [0.717, 1.165) is 38.3 Å². The molecule has 1 aliphatic carbocycles. The quantitative estimate of drug-likeness (QED) is 0.796. The molecule has 0 spiro atoms. The van der Waals surface area contributed by atoms with Gasteiger partial charge in [0.05, 0.1) is 0 Å². The first-order valence-electron chi connectivity index (χ1n) is 7.12. The largest absolute Gasteiger partial charge is 0.300 e. The Morgan fingerprint density at radius 2 is 2.00 bits per heavy atom. The highest BCUT2D eigenvalue weighted by Gasteiger charge is 2.35. The zero-order chi connectivity index (χ0) is 12.4. The van der Waals surface area contributed by atoms with Gasteiger partial charge in [-0.25, -0.2) is 0 Å². The van der Waals surface area contributed by atoms with Crippen molar-refractivity contribution in [2.75, 3.05) is 6.54 Å². The van der Waals surface area contributed by atoms with E-state index in [1.165, 1.54) is 18.4 Å². The molecule has 2 aliphatic rings. The molecule has 2 atom stereocenters. The van der Waals surface area contributed by atoms with Crippen LogP contribution < -0.4 is 0 Å². The molecule has 1 heterocycles. The van der Waals surface area contributed by atoms with Crippen molar-refractivity contribution in [2.45, 2.75) is 44.7 Å². The fourth-order valence-corrected chi connectivity index (χ4v) is 3.54. The van der Waals surface area contributed by atoms with Gasteiger partial charge in [-0.1, -0.05) is 30.3 Å². The monoisotopic (exact) mass is 243 g/mol. The number of carbonyl (C=O) groups excluding carboxylic acids is 1. The summed E-state index contributed by atoms with van der Waals surface area (Å²) in [5, 5.41) is 0. The van der Waals surface area contributed by atoms with Gasteiger partial charge in [0.15, 0.2) is 0 Å². The molecule has 0 aromatic heterocycles. The Morgan fingerprint density at radius 1 is 1.17 bits per heavy atom. The van der Waals surface area contributed by atoms with Crippen LogP contribution >= 0.6 is 0 Å². The zero-order valence-corrected chi connectivity index (χ0v) is 10.8. The lowest BCUT2D eigenvalue weighted by molar-refractivity contribution is -0.124. The molecule has 1 saturated carbocycles. The van der Waals surface area contributed by atoms with Crippen LogP contribution in [-0.2, 0) is 11.3 Å². The van der Waals surface area contributed by atoms with E-state index in [2.05, 4.69) is 35.2 Å². The molecule has 1 aromatic rings. The van der Waals surface area contributed by atoms with Crippen LogP contribution in [0.3, 0.4) is 0 Å². The Hall–Kier alpha value is -1.15. The summed E-state index contributed by atoms with van der Waals surface area (Å²) in [4.78, 5) is 14.2. The van der Waals surface area contributed by atoms with Gasteiger partial charge in [-0.15, -0.1) is 0 Å². The molecular weight excluding hydrogens is 222 g/mol. The third kappa shape index (κ3) is 2.49. The maximum Gasteiger partial charge on any atom is 0.134 e. The van der Waals surface area contributed by atoms with Gasteiger partial charge in [-0.3, -0.25) is 9.69 Å². The minimum Gasteiger partial charge on any atom is -0.300 e. The van der Waals surface area contributed by atoms with Crippen molar-refractivity contribution < 1.29 is 4.79 Å². The molecule has 0 radical (unpaired) electrons. The predicted molar refractivity (Wildman–Crippen MR) is 72.2 cm³/mol. The fraction of sp³-hybridized carbons (Fsp3) is 0.562. The van der Waals surface area contributed by atoms with E-state index in [9.17, 15) is 4.79 Å². The van der Waals surface area contributed by atoms with E-state index in [1.54, 1.807) is 0 Å². The average molecular weight is 243 g/mol. The summed E-state index contributed by atoms with van der Waals surface area (Å²) in [6, 6.07) is 11.2. The van der Waals surface area contributed by atoms with Gasteiger partial charge >= 0.3 is 0 Å². The molecule has 0 amide bonds. The van der Waals surface area contributed by atoms with Crippen molar-refractivity contribution in [3.63, 3.8) is 0 Å². The molecule has 1 aliphatic heterocycles. The van der Waals surface area contributed by atoms with Crippen LogP contribution in [0.2, 0.25) is 0 Å². The standard InChI is InChI=1S/C16H21NO/c18-15-9-8-14-7-4-10-17(16(14)11-15)12-13-5-2-1-3-6-13/h1-3,5-6,14,16H,4,7-12H2. The summed E-state index contributed by atoms with van der Waals surface area (Å²) < 4.78 is 0. The number of hydrogen-bond acceptors (Lipinski definition) is 2. The lowest BCUT2D eigenvalue weighted by atomic mass is 9.77. The number of ketones is 1. The lowest BCUT2D eigenvalue weighted by Gasteiger charge is -2.43. The van der Waals surface area contributed by atoms with Gasteiger partial charge < -0.3 is 0 Å². The van der Waals surface area contributed by atoms with E-state index in [1.807, 2.05) is 0 Å². The van der Waals surface area contributed by atoms with Crippen molar-refractivity contribution in [3.05, 3.63) is 35.9 Å². The Labute approximate surface area is 109 Å². The highest BCUT2D eigenvalue weighted by atomic mass is 16.1. The Balaban J connectivity index is 1.72. The normalized spacial score (nSPS) is 29.0. The fourth-order valence-electron chi connectivity index (χ4n) is 3.54. The Kier molecular flexibility index (Phi) is 3.46. The second-order valence-electron chi connectivity index (χ2n) is 5.71. The smallest absolute Gasteiger partial charge is 0.134 e. The van der Waals surface area contributed by atoms with Crippen LogP contribution in [0.1, 0.15) is 37.7 Å². The summed E-state index contributed by atoms with van der Waals surface area (Å²) in [5.41, 5.74) is 1.37. The van der Waals surface area contributed by atoms with Crippen molar-refractivity contribution in [1.82, 2.24) is 4.90 Å². The van der Waals surface area contributed by atoms with Crippen LogP contribution in [0.25, 0.3) is 0 Å². The van der Waals surface area contributed by atoms with Gasteiger partial charge in [0, 0.05) is 25.4 Å². The minimum absolute atomic E-state index is 0.469. The molecule has 2 heteroatoms. The van der Waals surface area contributed by atoms with Crippen LogP contribution in [0.15, 0.2) is 30.3 Å². The van der Waals surface area contributed by atoms with Gasteiger partial charge in [0.25, 0.3) is 0 Å². The molecule has 2 unspecified atom stereocenters. The van der Waals surface area contributed by atoms with Crippen molar-refractivity contribution in [1.29, 1.82) is 0 Å². The van der Waals surface area contributed by atoms with Crippen molar-refractivity contribution in [3.8, 4) is 0 Å². The van der Waals surface area contributed by atoms with Crippen molar-refractivity contribution >= 4 is 5.78 Å². The van der Waals surface area contributed by atoms with E-state index in [4.69, 9.17) is 0 Å². The average Bonchev–Trinajstić information content (AvgIpc) is 2.41. The summed E-state index contributed by atoms with van der Waals surface area (Å²) in [5.74, 6) is 1.23. The van der Waals surface area contributed by atoms with Gasteiger partial charge in [0.2, 0.25) is 0 Å². The number of fused-ring (bicyclic) bond motifs is 1. The second kappa shape index (κ2) is 5.23. The molecule has 96 valence electrons. The number of rotatable bonds is 2. The van der Waals surface area contributed by atoms with E-state index in [0.29, 0.717) is 11.8 Å². The molecule has 1 aromatic carbocycles. The van der Waals surface area contributed by atoms with Crippen LogP contribution in [-0.4, -0.2) is 23.3 Å². The SMILES string of the molecule is O=C1CCC2CCCN(Cc3ccccc3)C2C1. The number of carbonyl (C=O) groups is 1. The molecule has 0 N–H and O–H groups in total. The number of piperidine rings is 1. The zero-order valence-electron chi connectivity index (χ0n) is 10.8. The number of Topliss-reactive ketones (excluding diaryl/α,β-unsaturated/α-hetero) is 1. The van der Waals surface area contributed by atoms with E-state index in [-0.39, 0.29) is 0 Å². The van der Waals surface area contributed by atoms with E-state index >= 15 is 0 Å². The molecular formula is C16H21NO. The topological polar surface area (TPSA) is 20.3 Å².